The molecule has 3 aromatic carbocycles. The summed E-state index contributed by atoms with van der Waals surface area (Å²) in [6, 6.07) is 25.3. The SMILES string of the molecule is O=C(Cc1cccc(Cl)c1)c1ccc(-c2ccccc2)cc1. The molecule has 0 radical (unpaired) electrons. The minimum absolute atomic E-state index is 0.0990. The summed E-state index contributed by atoms with van der Waals surface area (Å²) in [4.78, 5) is 12.3. The van der Waals surface area contributed by atoms with Crippen molar-refractivity contribution in [2.45, 2.75) is 6.42 Å². The molecule has 22 heavy (non-hydrogen) atoms. The van der Waals surface area contributed by atoms with Crippen molar-refractivity contribution in [3.8, 4) is 11.1 Å². The van der Waals surface area contributed by atoms with Crippen LogP contribution in [0.5, 0.6) is 0 Å². The summed E-state index contributed by atoms with van der Waals surface area (Å²) < 4.78 is 0. The highest BCUT2D eigenvalue weighted by atomic mass is 35.5. The molecule has 0 aliphatic carbocycles. The average Bonchev–Trinajstić information content (AvgIpc) is 2.56. The Bertz CT molecular complexity index is 776. The van der Waals surface area contributed by atoms with E-state index in [1.807, 2.05) is 66.7 Å². The van der Waals surface area contributed by atoms with Crippen LogP contribution in [0.15, 0.2) is 78.9 Å². The zero-order chi connectivity index (χ0) is 15.4. The molecule has 0 saturated carbocycles. The first kappa shape index (κ1) is 14.6. The first-order chi connectivity index (χ1) is 10.7. The summed E-state index contributed by atoms with van der Waals surface area (Å²) in [6.45, 7) is 0. The van der Waals surface area contributed by atoms with Crippen molar-refractivity contribution >= 4 is 17.4 Å². The number of hydrogen-bond donors (Lipinski definition) is 0. The van der Waals surface area contributed by atoms with Gasteiger partial charge < -0.3 is 0 Å². The van der Waals surface area contributed by atoms with E-state index in [2.05, 4.69) is 12.1 Å². The summed E-state index contributed by atoms with van der Waals surface area (Å²) in [5.41, 5.74) is 3.92. The molecule has 3 aromatic rings. The van der Waals surface area contributed by atoms with E-state index in [-0.39, 0.29) is 5.78 Å². The third-order valence-electron chi connectivity index (χ3n) is 3.57. The van der Waals surface area contributed by atoms with Crippen molar-refractivity contribution in [1.82, 2.24) is 0 Å². The minimum atomic E-state index is 0.0990. The maximum atomic E-state index is 12.3. The number of carbonyl (C=O) groups excluding carboxylic acids is 1. The van der Waals surface area contributed by atoms with Crippen LogP contribution in [0.25, 0.3) is 11.1 Å². The fraction of sp³-hybridized carbons (Fsp3) is 0.0500. The van der Waals surface area contributed by atoms with Crippen LogP contribution in [-0.4, -0.2) is 5.78 Å². The van der Waals surface area contributed by atoms with Crippen molar-refractivity contribution in [1.29, 1.82) is 0 Å². The van der Waals surface area contributed by atoms with E-state index in [9.17, 15) is 4.79 Å². The fourth-order valence-corrected chi connectivity index (χ4v) is 2.63. The molecule has 1 nitrogen and oxygen atoms in total. The molecule has 0 unspecified atom stereocenters. The molecular formula is C20H15ClO. The molecule has 2 heteroatoms. The second-order valence-corrected chi connectivity index (χ2v) is 5.61. The number of benzene rings is 3. The summed E-state index contributed by atoms with van der Waals surface area (Å²) in [5.74, 6) is 0.0990. The number of ketones is 1. The van der Waals surface area contributed by atoms with Gasteiger partial charge in [-0.05, 0) is 28.8 Å². The fourth-order valence-electron chi connectivity index (χ4n) is 2.41. The lowest BCUT2D eigenvalue weighted by Gasteiger charge is -2.05. The van der Waals surface area contributed by atoms with E-state index in [0.29, 0.717) is 11.4 Å². The Labute approximate surface area is 135 Å². The van der Waals surface area contributed by atoms with Crippen LogP contribution >= 0.6 is 11.6 Å². The Kier molecular flexibility index (Phi) is 4.36. The van der Waals surface area contributed by atoms with Gasteiger partial charge in [-0.1, -0.05) is 78.3 Å². The molecule has 0 amide bonds. The quantitative estimate of drug-likeness (QED) is 0.587. The molecule has 0 aromatic heterocycles. The van der Waals surface area contributed by atoms with Gasteiger partial charge in [-0.25, -0.2) is 0 Å². The standard InChI is InChI=1S/C20H15ClO/c21-19-8-4-5-15(13-19)14-20(22)18-11-9-17(10-12-18)16-6-2-1-3-7-16/h1-13H,14H2. The number of Topliss-reactive ketones (excluding diaryl/α,β-unsaturated/α-hetero) is 1. The van der Waals surface area contributed by atoms with E-state index in [0.717, 1.165) is 22.3 Å². The van der Waals surface area contributed by atoms with Crippen LogP contribution in [0.2, 0.25) is 5.02 Å². The van der Waals surface area contributed by atoms with Gasteiger partial charge in [0, 0.05) is 17.0 Å². The van der Waals surface area contributed by atoms with Gasteiger partial charge in [-0.15, -0.1) is 0 Å². The van der Waals surface area contributed by atoms with Crippen molar-refractivity contribution < 1.29 is 4.79 Å². The minimum Gasteiger partial charge on any atom is -0.294 e. The molecule has 3 rings (SSSR count). The average molecular weight is 307 g/mol. The van der Waals surface area contributed by atoms with E-state index in [1.165, 1.54) is 0 Å². The highest BCUT2D eigenvalue weighted by molar-refractivity contribution is 6.30. The monoisotopic (exact) mass is 306 g/mol. The van der Waals surface area contributed by atoms with Gasteiger partial charge in [0.15, 0.2) is 5.78 Å². The molecule has 108 valence electrons. The summed E-state index contributed by atoms with van der Waals surface area (Å²) in [7, 11) is 0. The highest BCUT2D eigenvalue weighted by Crippen LogP contribution is 2.20. The predicted octanol–water partition coefficient (Wildman–Crippen LogP) is 5.43. The van der Waals surface area contributed by atoms with Crippen LogP contribution in [-0.2, 0) is 6.42 Å². The summed E-state index contributed by atoms with van der Waals surface area (Å²) in [6.07, 6.45) is 0.366. The van der Waals surface area contributed by atoms with E-state index < -0.39 is 0 Å². The largest absolute Gasteiger partial charge is 0.294 e. The van der Waals surface area contributed by atoms with Crippen molar-refractivity contribution in [2.24, 2.45) is 0 Å². The van der Waals surface area contributed by atoms with Crippen LogP contribution in [0, 0.1) is 0 Å². The predicted molar refractivity (Wildman–Crippen MR) is 91.4 cm³/mol. The Hall–Kier alpha value is -2.38. The molecule has 0 bridgehead atoms. The van der Waals surface area contributed by atoms with E-state index in [1.54, 1.807) is 0 Å². The maximum absolute atomic E-state index is 12.3. The van der Waals surface area contributed by atoms with Gasteiger partial charge in [0.05, 0.1) is 0 Å². The maximum Gasteiger partial charge on any atom is 0.167 e. The summed E-state index contributed by atoms with van der Waals surface area (Å²) in [5, 5.41) is 0.657. The van der Waals surface area contributed by atoms with Gasteiger partial charge in [0.1, 0.15) is 0 Å². The zero-order valence-electron chi connectivity index (χ0n) is 12.0. The summed E-state index contributed by atoms with van der Waals surface area (Å²) >= 11 is 5.95. The second kappa shape index (κ2) is 6.59. The van der Waals surface area contributed by atoms with Crippen molar-refractivity contribution in [3.63, 3.8) is 0 Å². The van der Waals surface area contributed by atoms with Gasteiger partial charge in [-0.3, -0.25) is 4.79 Å². The Morgan fingerprint density at radius 2 is 1.45 bits per heavy atom. The Morgan fingerprint density at radius 1 is 0.773 bits per heavy atom. The third kappa shape index (κ3) is 3.44. The molecular weight excluding hydrogens is 292 g/mol. The van der Waals surface area contributed by atoms with Crippen LogP contribution in [0.1, 0.15) is 15.9 Å². The first-order valence-corrected chi connectivity index (χ1v) is 7.53. The van der Waals surface area contributed by atoms with E-state index in [4.69, 9.17) is 11.6 Å². The molecule has 0 aliphatic heterocycles. The topological polar surface area (TPSA) is 17.1 Å². The van der Waals surface area contributed by atoms with Gasteiger partial charge in [-0.2, -0.15) is 0 Å². The lowest BCUT2D eigenvalue weighted by atomic mass is 9.99. The van der Waals surface area contributed by atoms with Crippen molar-refractivity contribution in [2.75, 3.05) is 0 Å². The number of hydrogen-bond acceptors (Lipinski definition) is 1. The van der Waals surface area contributed by atoms with Crippen LogP contribution in [0.3, 0.4) is 0 Å². The van der Waals surface area contributed by atoms with Gasteiger partial charge in [0.25, 0.3) is 0 Å². The lowest BCUT2D eigenvalue weighted by molar-refractivity contribution is 0.0993. The zero-order valence-corrected chi connectivity index (χ0v) is 12.8. The van der Waals surface area contributed by atoms with E-state index >= 15 is 0 Å². The van der Waals surface area contributed by atoms with Crippen LogP contribution in [0.4, 0.5) is 0 Å². The first-order valence-electron chi connectivity index (χ1n) is 7.15. The molecule has 0 heterocycles. The molecule has 0 N–H and O–H groups in total. The molecule has 0 atom stereocenters. The normalized spacial score (nSPS) is 10.4. The Morgan fingerprint density at radius 3 is 2.14 bits per heavy atom. The van der Waals surface area contributed by atoms with Gasteiger partial charge in [0.2, 0.25) is 0 Å². The number of halogens is 1. The molecule has 0 spiro atoms. The third-order valence-corrected chi connectivity index (χ3v) is 3.80. The highest BCUT2D eigenvalue weighted by Gasteiger charge is 2.08. The Balaban J connectivity index is 1.76. The smallest absolute Gasteiger partial charge is 0.167 e. The van der Waals surface area contributed by atoms with Crippen molar-refractivity contribution in [3.05, 3.63) is 95.0 Å². The van der Waals surface area contributed by atoms with Gasteiger partial charge >= 0.3 is 0 Å². The molecule has 0 saturated heterocycles. The lowest BCUT2D eigenvalue weighted by Crippen LogP contribution is -2.03. The number of rotatable bonds is 4. The van der Waals surface area contributed by atoms with Crippen LogP contribution < -0.4 is 0 Å². The second-order valence-electron chi connectivity index (χ2n) is 5.17. The molecule has 0 fully saturated rings. The molecule has 0 aliphatic rings. The number of carbonyl (C=O) groups is 1.